The van der Waals surface area contributed by atoms with E-state index in [0.29, 0.717) is 5.15 Å². The minimum absolute atomic E-state index is 0.656. The van der Waals surface area contributed by atoms with Crippen LogP contribution >= 0.6 is 22.9 Å². The zero-order valence-electron chi connectivity index (χ0n) is 12.1. The van der Waals surface area contributed by atoms with Gasteiger partial charge >= 0.3 is 0 Å². The maximum atomic E-state index is 6.31. The van der Waals surface area contributed by atoms with Crippen molar-refractivity contribution < 1.29 is 0 Å². The van der Waals surface area contributed by atoms with E-state index in [1.165, 1.54) is 18.4 Å². The predicted molar refractivity (Wildman–Crippen MR) is 88.0 cm³/mol. The van der Waals surface area contributed by atoms with Gasteiger partial charge in [0.15, 0.2) is 5.13 Å². The molecular weight excluding hydrogens is 304 g/mol. The van der Waals surface area contributed by atoms with E-state index in [1.54, 1.807) is 11.3 Å². The average molecular weight is 323 g/mol. The highest BCUT2D eigenvalue weighted by Gasteiger charge is 2.19. The molecule has 21 heavy (non-hydrogen) atoms. The van der Waals surface area contributed by atoms with Crippen LogP contribution in [-0.4, -0.2) is 35.0 Å². The van der Waals surface area contributed by atoms with Crippen LogP contribution in [0, 0.1) is 0 Å². The number of hydrogen-bond donors (Lipinski definition) is 0. The zero-order chi connectivity index (χ0) is 14.7. The third-order valence-electron chi connectivity index (χ3n) is 3.63. The number of hydrogen-bond acceptors (Lipinski definition) is 5. The second kappa shape index (κ2) is 6.73. The molecular formula is C15H19ClN4S. The Kier molecular flexibility index (Phi) is 4.73. The third-order valence-corrected chi connectivity index (χ3v) is 5.16. The lowest BCUT2D eigenvalue weighted by molar-refractivity contribution is 0.322. The van der Waals surface area contributed by atoms with Crippen molar-refractivity contribution in [1.82, 2.24) is 14.9 Å². The van der Waals surface area contributed by atoms with E-state index in [9.17, 15) is 0 Å². The number of pyridine rings is 1. The van der Waals surface area contributed by atoms with Gasteiger partial charge in [0.2, 0.25) is 0 Å². The van der Waals surface area contributed by atoms with Gasteiger partial charge in [0.25, 0.3) is 0 Å². The summed E-state index contributed by atoms with van der Waals surface area (Å²) in [4.78, 5) is 14.3. The number of rotatable bonds is 5. The van der Waals surface area contributed by atoms with Gasteiger partial charge in [-0.05, 0) is 37.6 Å². The van der Waals surface area contributed by atoms with E-state index in [1.807, 2.05) is 24.5 Å². The van der Waals surface area contributed by atoms with Crippen molar-refractivity contribution in [1.29, 1.82) is 0 Å². The molecule has 3 heterocycles. The summed E-state index contributed by atoms with van der Waals surface area (Å²) < 4.78 is 0. The first-order valence-corrected chi connectivity index (χ1v) is 8.39. The molecule has 1 saturated heterocycles. The second-order valence-corrected chi connectivity index (χ2v) is 6.85. The summed E-state index contributed by atoms with van der Waals surface area (Å²) in [7, 11) is 2.10. The summed E-state index contributed by atoms with van der Waals surface area (Å²) in [6, 6.07) is 4.08. The Bertz CT molecular complexity index is 581. The minimum atomic E-state index is 0.656. The molecule has 0 bridgehead atoms. The zero-order valence-corrected chi connectivity index (χ0v) is 13.7. The average Bonchev–Trinajstić information content (AvgIpc) is 3.10. The fourth-order valence-electron chi connectivity index (χ4n) is 2.56. The Labute approximate surface area is 134 Å². The summed E-state index contributed by atoms with van der Waals surface area (Å²) in [6.07, 6.45) is 6.17. The van der Waals surface area contributed by atoms with Crippen LogP contribution in [0.4, 0.5) is 5.13 Å². The number of aromatic nitrogens is 2. The largest absolute Gasteiger partial charge is 0.348 e. The van der Waals surface area contributed by atoms with Crippen molar-refractivity contribution in [2.24, 2.45) is 0 Å². The Balaban J connectivity index is 1.64. The van der Waals surface area contributed by atoms with Gasteiger partial charge in [0.1, 0.15) is 5.15 Å². The maximum absolute atomic E-state index is 6.31. The van der Waals surface area contributed by atoms with Crippen LogP contribution in [0.5, 0.6) is 0 Å². The first-order chi connectivity index (χ1) is 10.2. The van der Waals surface area contributed by atoms with Gasteiger partial charge in [-0.25, -0.2) is 4.98 Å². The standard InChI is InChI=1S/C15H19ClN4S/c1-19(10-12-4-6-17-7-5-12)11-13-14(16)18-15(21-13)20-8-2-3-9-20/h4-7H,2-3,8-11H2,1H3. The van der Waals surface area contributed by atoms with Crippen molar-refractivity contribution in [3.05, 3.63) is 40.1 Å². The van der Waals surface area contributed by atoms with Crippen LogP contribution in [0.3, 0.4) is 0 Å². The summed E-state index contributed by atoms with van der Waals surface area (Å²) >= 11 is 8.03. The number of thiazole rings is 1. The maximum Gasteiger partial charge on any atom is 0.187 e. The van der Waals surface area contributed by atoms with Crippen molar-refractivity contribution >= 4 is 28.1 Å². The molecule has 1 fully saturated rings. The van der Waals surface area contributed by atoms with Gasteiger partial charge in [-0.15, -0.1) is 0 Å². The first-order valence-electron chi connectivity index (χ1n) is 7.20. The van der Waals surface area contributed by atoms with Gasteiger partial charge in [0, 0.05) is 38.6 Å². The monoisotopic (exact) mass is 322 g/mol. The highest BCUT2D eigenvalue weighted by atomic mass is 35.5. The van der Waals surface area contributed by atoms with Crippen LogP contribution in [0.2, 0.25) is 5.15 Å². The third kappa shape index (κ3) is 3.73. The lowest BCUT2D eigenvalue weighted by Crippen LogP contribution is -2.17. The fraction of sp³-hybridized carbons (Fsp3) is 0.467. The molecule has 4 nitrogen and oxygen atoms in total. The van der Waals surface area contributed by atoms with Crippen molar-refractivity contribution in [2.45, 2.75) is 25.9 Å². The molecule has 0 saturated carbocycles. The molecule has 0 aromatic carbocycles. The Morgan fingerprint density at radius 2 is 1.95 bits per heavy atom. The molecule has 0 unspecified atom stereocenters. The smallest absolute Gasteiger partial charge is 0.187 e. The van der Waals surface area contributed by atoms with Crippen LogP contribution in [0.25, 0.3) is 0 Å². The summed E-state index contributed by atoms with van der Waals surface area (Å²) in [5, 5.41) is 1.73. The number of nitrogens with zero attached hydrogens (tertiary/aromatic N) is 4. The van der Waals surface area contributed by atoms with E-state index in [0.717, 1.165) is 36.2 Å². The Morgan fingerprint density at radius 1 is 1.24 bits per heavy atom. The highest BCUT2D eigenvalue weighted by Crippen LogP contribution is 2.32. The molecule has 2 aromatic rings. The number of anilines is 1. The SMILES string of the molecule is CN(Cc1ccncc1)Cc1sc(N2CCCC2)nc1Cl. The quantitative estimate of drug-likeness (QED) is 0.844. The second-order valence-electron chi connectivity index (χ2n) is 5.43. The molecule has 6 heteroatoms. The van der Waals surface area contributed by atoms with Crippen LogP contribution in [-0.2, 0) is 13.1 Å². The molecule has 0 N–H and O–H groups in total. The molecule has 0 amide bonds. The lowest BCUT2D eigenvalue weighted by Gasteiger charge is -2.15. The van der Waals surface area contributed by atoms with Crippen LogP contribution in [0.15, 0.2) is 24.5 Å². The molecule has 112 valence electrons. The van der Waals surface area contributed by atoms with E-state index in [4.69, 9.17) is 11.6 Å². The Hall–Kier alpha value is -1.17. The topological polar surface area (TPSA) is 32.3 Å². The van der Waals surface area contributed by atoms with Crippen molar-refractivity contribution in [2.75, 3.05) is 25.0 Å². The van der Waals surface area contributed by atoms with Crippen molar-refractivity contribution in [3.63, 3.8) is 0 Å². The molecule has 0 aliphatic carbocycles. The van der Waals surface area contributed by atoms with E-state index in [2.05, 4.69) is 26.8 Å². The molecule has 0 atom stereocenters. The molecule has 1 aliphatic rings. The fourth-order valence-corrected chi connectivity index (χ4v) is 3.95. The summed E-state index contributed by atoms with van der Waals surface area (Å²) in [5.74, 6) is 0. The van der Waals surface area contributed by atoms with Gasteiger partial charge in [-0.2, -0.15) is 0 Å². The van der Waals surface area contributed by atoms with E-state index >= 15 is 0 Å². The molecule has 1 aliphatic heterocycles. The minimum Gasteiger partial charge on any atom is -0.348 e. The van der Waals surface area contributed by atoms with Gasteiger partial charge in [-0.1, -0.05) is 22.9 Å². The predicted octanol–water partition coefficient (Wildman–Crippen LogP) is 3.42. The van der Waals surface area contributed by atoms with Crippen LogP contribution < -0.4 is 4.90 Å². The normalized spacial score (nSPS) is 15.1. The van der Waals surface area contributed by atoms with E-state index < -0.39 is 0 Å². The van der Waals surface area contributed by atoms with Gasteiger partial charge in [0.05, 0.1) is 4.88 Å². The summed E-state index contributed by atoms with van der Waals surface area (Å²) in [6.45, 7) is 3.93. The first kappa shape index (κ1) is 14.8. The number of halogens is 1. The molecule has 3 rings (SSSR count). The van der Waals surface area contributed by atoms with Crippen LogP contribution in [0.1, 0.15) is 23.3 Å². The molecule has 0 spiro atoms. The van der Waals surface area contributed by atoms with Crippen molar-refractivity contribution in [3.8, 4) is 0 Å². The van der Waals surface area contributed by atoms with Gasteiger partial charge < -0.3 is 4.90 Å². The summed E-state index contributed by atoms with van der Waals surface area (Å²) in [5.41, 5.74) is 1.26. The molecule has 2 aromatic heterocycles. The van der Waals surface area contributed by atoms with E-state index in [-0.39, 0.29) is 0 Å². The lowest BCUT2D eigenvalue weighted by atomic mass is 10.2. The van der Waals surface area contributed by atoms with Gasteiger partial charge in [-0.3, -0.25) is 9.88 Å². The highest BCUT2D eigenvalue weighted by molar-refractivity contribution is 7.16. The molecule has 0 radical (unpaired) electrons. The Morgan fingerprint density at radius 3 is 2.67 bits per heavy atom.